The van der Waals surface area contributed by atoms with Gasteiger partial charge >= 0.3 is 0 Å². The standard InChI is InChI=1S/C7H9IN2O/c1-5(2)10-4-6(3-9-10)7(8)11/h3-5H,1-2H3. The molecule has 0 aliphatic rings. The Morgan fingerprint density at radius 3 is 2.64 bits per heavy atom. The number of hydrogen-bond donors (Lipinski definition) is 0. The minimum Gasteiger partial charge on any atom is -0.282 e. The Morgan fingerprint density at radius 1 is 1.73 bits per heavy atom. The SMILES string of the molecule is CC(C)n1cc(C(=O)I)cn1. The molecule has 0 radical (unpaired) electrons. The third kappa shape index (κ3) is 2.02. The molecule has 0 saturated carbocycles. The maximum absolute atomic E-state index is 10.8. The molecule has 4 heteroatoms. The molecule has 0 bridgehead atoms. The lowest BCUT2D eigenvalue weighted by atomic mass is 10.4. The van der Waals surface area contributed by atoms with Gasteiger partial charge < -0.3 is 0 Å². The van der Waals surface area contributed by atoms with Gasteiger partial charge in [-0.25, -0.2) is 0 Å². The fourth-order valence-corrected chi connectivity index (χ4v) is 1.00. The Balaban J connectivity index is 2.90. The Labute approximate surface area is 78.9 Å². The molecule has 3 nitrogen and oxygen atoms in total. The van der Waals surface area contributed by atoms with E-state index in [-0.39, 0.29) is 3.79 Å². The van der Waals surface area contributed by atoms with Crippen LogP contribution >= 0.6 is 22.6 Å². The Morgan fingerprint density at radius 2 is 2.36 bits per heavy atom. The van der Waals surface area contributed by atoms with E-state index in [0.29, 0.717) is 11.6 Å². The molecule has 0 atom stereocenters. The highest BCUT2D eigenvalue weighted by Gasteiger charge is 2.05. The normalized spacial score (nSPS) is 10.5. The first-order valence-corrected chi connectivity index (χ1v) is 4.43. The van der Waals surface area contributed by atoms with Crippen LogP contribution in [0.5, 0.6) is 0 Å². The number of carbonyl (C=O) groups excluding carboxylic acids is 1. The summed E-state index contributed by atoms with van der Waals surface area (Å²) in [6.45, 7) is 4.04. The second-order valence-corrected chi connectivity index (χ2v) is 3.56. The van der Waals surface area contributed by atoms with Crippen molar-refractivity contribution in [3.05, 3.63) is 18.0 Å². The molecule has 1 rings (SSSR count). The van der Waals surface area contributed by atoms with Gasteiger partial charge in [0, 0.05) is 34.8 Å². The topological polar surface area (TPSA) is 34.9 Å². The van der Waals surface area contributed by atoms with Crippen LogP contribution in [0, 0.1) is 0 Å². The van der Waals surface area contributed by atoms with Crippen LogP contribution in [0.25, 0.3) is 0 Å². The summed E-state index contributed by atoms with van der Waals surface area (Å²) >= 11 is 1.75. The Bertz CT molecular complexity index is 267. The third-order valence-corrected chi connectivity index (χ3v) is 1.98. The fraction of sp³-hybridized carbons (Fsp3) is 0.429. The number of hydrogen-bond acceptors (Lipinski definition) is 2. The van der Waals surface area contributed by atoms with E-state index in [0.717, 1.165) is 0 Å². The lowest BCUT2D eigenvalue weighted by Gasteiger charge is -2.02. The van der Waals surface area contributed by atoms with E-state index in [1.165, 1.54) is 0 Å². The summed E-state index contributed by atoms with van der Waals surface area (Å²) in [6.07, 6.45) is 3.36. The van der Waals surface area contributed by atoms with Crippen LogP contribution in [0.2, 0.25) is 0 Å². The first-order chi connectivity index (χ1) is 5.11. The van der Waals surface area contributed by atoms with Crippen LogP contribution in [0.1, 0.15) is 30.2 Å². The van der Waals surface area contributed by atoms with Gasteiger partial charge in [-0.1, -0.05) is 0 Å². The second-order valence-electron chi connectivity index (χ2n) is 2.58. The van der Waals surface area contributed by atoms with Crippen LogP contribution in [0.3, 0.4) is 0 Å². The Hall–Kier alpha value is -0.390. The van der Waals surface area contributed by atoms with Crippen molar-refractivity contribution in [1.29, 1.82) is 0 Å². The predicted molar refractivity (Wildman–Crippen MR) is 51.0 cm³/mol. The monoisotopic (exact) mass is 264 g/mol. The molecule has 0 aromatic carbocycles. The van der Waals surface area contributed by atoms with Gasteiger partial charge in [-0.15, -0.1) is 0 Å². The molecular weight excluding hydrogens is 255 g/mol. The molecule has 0 aliphatic carbocycles. The molecule has 0 aliphatic heterocycles. The summed E-state index contributed by atoms with van der Waals surface area (Å²) in [6, 6.07) is 0.319. The molecule has 0 unspecified atom stereocenters. The second kappa shape index (κ2) is 3.34. The van der Waals surface area contributed by atoms with Gasteiger partial charge in [0.05, 0.1) is 11.8 Å². The summed E-state index contributed by atoms with van der Waals surface area (Å²) in [5.41, 5.74) is 0.666. The number of rotatable bonds is 2. The lowest BCUT2D eigenvalue weighted by molar-refractivity contribution is 0.110. The van der Waals surface area contributed by atoms with Crippen molar-refractivity contribution in [1.82, 2.24) is 9.78 Å². The number of aromatic nitrogens is 2. The van der Waals surface area contributed by atoms with Crippen molar-refractivity contribution in [2.24, 2.45) is 0 Å². The summed E-state index contributed by atoms with van der Waals surface area (Å²) in [5, 5.41) is 4.03. The van der Waals surface area contributed by atoms with Crippen molar-refractivity contribution in [2.75, 3.05) is 0 Å². The van der Waals surface area contributed by atoms with E-state index in [4.69, 9.17) is 0 Å². The highest BCUT2D eigenvalue weighted by molar-refractivity contribution is 14.1. The number of halogens is 1. The molecule has 0 N–H and O–H groups in total. The predicted octanol–water partition coefficient (Wildman–Crippen LogP) is 2.04. The largest absolute Gasteiger partial charge is 0.282 e. The molecule has 1 aromatic rings. The van der Waals surface area contributed by atoms with Crippen LogP contribution in [0.15, 0.2) is 12.4 Å². The van der Waals surface area contributed by atoms with Gasteiger partial charge in [-0.2, -0.15) is 5.10 Å². The fourth-order valence-electron chi connectivity index (χ4n) is 0.722. The van der Waals surface area contributed by atoms with E-state index >= 15 is 0 Å². The average Bonchev–Trinajstić information content (AvgIpc) is 2.33. The smallest absolute Gasteiger partial charge is 0.225 e. The van der Waals surface area contributed by atoms with Gasteiger partial charge in [-0.3, -0.25) is 9.48 Å². The van der Waals surface area contributed by atoms with Crippen LogP contribution in [0.4, 0.5) is 0 Å². The molecule has 0 fully saturated rings. The zero-order chi connectivity index (χ0) is 8.43. The van der Waals surface area contributed by atoms with Crippen LogP contribution < -0.4 is 0 Å². The first-order valence-electron chi connectivity index (χ1n) is 3.35. The molecule has 0 amide bonds. The van der Waals surface area contributed by atoms with Gasteiger partial charge in [0.2, 0.25) is 3.79 Å². The van der Waals surface area contributed by atoms with Crippen molar-refractivity contribution < 1.29 is 4.79 Å². The summed E-state index contributed by atoms with van der Waals surface area (Å²) in [7, 11) is 0. The average molecular weight is 264 g/mol. The molecule has 0 spiro atoms. The Kier molecular flexibility index (Phi) is 2.64. The quantitative estimate of drug-likeness (QED) is 0.605. The van der Waals surface area contributed by atoms with E-state index < -0.39 is 0 Å². The van der Waals surface area contributed by atoms with Crippen molar-refractivity contribution in [2.45, 2.75) is 19.9 Å². The van der Waals surface area contributed by atoms with Gasteiger partial charge in [0.1, 0.15) is 0 Å². The van der Waals surface area contributed by atoms with Gasteiger partial charge in [0.15, 0.2) is 0 Å². The minimum absolute atomic E-state index is 0.0366. The number of nitrogens with zero attached hydrogens (tertiary/aromatic N) is 2. The van der Waals surface area contributed by atoms with Gasteiger partial charge in [0.25, 0.3) is 0 Å². The third-order valence-electron chi connectivity index (χ3n) is 1.36. The minimum atomic E-state index is 0.0366. The van der Waals surface area contributed by atoms with Crippen LogP contribution in [-0.2, 0) is 0 Å². The summed E-state index contributed by atoms with van der Waals surface area (Å²) < 4.78 is 1.81. The van der Waals surface area contributed by atoms with Crippen LogP contribution in [-0.4, -0.2) is 13.6 Å². The van der Waals surface area contributed by atoms with Crippen molar-refractivity contribution in [3.63, 3.8) is 0 Å². The van der Waals surface area contributed by atoms with Crippen molar-refractivity contribution in [3.8, 4) is 0 Å². The zero-order valence-electron chi connectivity index (χ0n) is 6.41. The number of carbonyl (C=O) groups is 1. The lowest BCUT2D eigenvalue weighted by Crippen LogP contribution is -2.00. The molecule has 11 heavy (non-hydrogen) atoms. The highest BCUT2D eigenvalue weighted by Crippen LogP contribution is 2.08. The van der Waals surface area contributed by atoms with Crippen molar-refractivity contribution >= 4 is 26.4 Å². The molecule has 0 saturated heterocycles. The molecule has 1 aromatic heterocycles. The maximum atomic E-state index is 10.8. The van der Waals surface area contributed by atoms with E-state index in [1.54, 1.807) is 39.7 Å². The van der Waals surface area contributed by atoms with E-state index in [2.05, 4.69) is 5.10 Å². The maximum Gasteiger partial charge on any atom is 0.225 e. The van der Waals surface area contributed by atoms with E-state index in [9.17, 15) is 4.79 Å². The van der Waals surface area contributed by atoms with E-state index in [1.807, 2.05) is 13.8 Å². The summed E-state index contributed by atoms with van der Waals surface area (Å²) in [5.74, 6) is 0. The van der Waals surface area contributed by atoms with Gasteiger partial charge in [-0.05, 0) is 13.8 Å². The highest BCUT2D eigenvalue weighted by atomic mass is 127. The molecular formula is C7H9IN2O. The summed E-state index contributed by atoms with van der Waals surface area (Å²) in [4.78, 5) is 10.8. The molecule has 1 heterocycles. The molecule has 60 valence electrons. The zero-order valence-corrected chi connectivity index (χ0v) is 8.57. The first kappa shape index (κ1) is 8.70.